The molecule has 31 heavy (non-hydrogen) atoms. The molecule has 6 heteroatoms. The molecule has 1 aromatic heterocycles. The molecular weight excluding hydrogens is 408 g/mol. The van der Waals surface area contributed by atoms with E-state index in [1.165, 1.54) is 10.5 Å². The summed E-state index contributed by atoms with van der Waals surface area (Å²) in [6.45, 7) is 6.61. The smallest absolute Gasteiger partial charge is 0.293 e. The first-order valence-corrected chi connectivity index (χ1v) is 10.9. The zero-order chi connectivity index (χ0) is 22.0. The van der Waals surface area contributed by atoms with Crippen molar-refractivity contribution in [2.45, 2.75) is 20.8 Å². The summed E-state index contributed by atoms with van der Waals surface area (Å²) in [6.07, 6.45) is 1.82. The molecule has 0 N–H and O–H groups in total. The van der Waals surface area contributed by atoms with Gasteiger partial charge in [-0.2, -0.15) is 0 Å². The predicted octanol–water partition coefficient (Wildman–Crippen LogP) is 5.52. The number of carbonyl (C=O) groups is 2. The Hall–Kier alpha value is -3.25. The van der Waals surface area contributed by atoms with Crippen LogP contribution in [0.4, 0.5) is 4.79 Å². The van der Waals surface area contributed by atoms with Crippen molar-refractivity contribution in [1.82, 2.24) is 9.47 Å². The molecule has 0 unspecified atom stereocenters. The van der Waals surface area contributed by atoms with E-state index < -0.39 is 0 Å². The Kier molecular flexibility index (Phi) is 6.00. The van der Waals surface area contributed by atoms with Gasteiger partial charge in [-0.05, 0) is 74.5 Å². The number of imide groups is 1. The molecule has 2 amide bonds. The van der Waals surface area contributed by atoms with E-state index in [9.17, 15) is 9.59 Å². The number of hydrogen-bond acceptors (Lipinski definition) is 4. The van der Waals surface area contributed by atoms with Crippen molar-refractivity contribution < 1.29 is 14.3 Å². The van der Waals surface area contributed by atoms with Gasteiger partial charge in [0.25, 0.3) is 11.1 Å². The summed E-state index contributed by atoms with van der Waals surface area (Å²) >= 11 is 0.978. The third-order valence-corrected chi connectivity index (χ3v) is 6.16. The highest BCUT2D eigenvalue weighted by Gasteiger charge is 2.35. The summed E-state index contributed by atoms with van der Waals surface area (Å²) in [4.78, 5) is 26.9. The lowest BCUT2D eigenvalue weighted by atomic mass is 10.2. The summed E-state index contributed by atoms with van der Waals surface area (Å²) in [7, 11) is 0. The van der Waals surface area contributed by atoms with Crippen LogP contribution in [0.25, 0.3) is 11.8 Å². The van der Waals surface area contributed by atoms with Crippen molar-refractivity contribution in [2.75, 3.05) is 13.2 Å². The molecule has 2 heterocycles. The van der Waals surface area contributed by atoms with Crippen molar-refractivity contribution in [1.29, 1.82) is 0 Å². The minimum Gasteiger partial charge on any atom is -0.492 e. The molecule has 1 aliphatic heterocycles. The van der Waals surface area contributed by atoms with E-state index in [2.05, 4.69) is 35.8 Å². The molecule has 4 rings (SSSR count). The lowest BCUT2D eigenvalue weighted by molar-refractivity contribution is -0.123. The highest BCUT2D eigenvalue weighted by molar-refractivity contribution is 8.18. The molecule has 158 valence electrons. The Bertz CT molecular complexity index is 1150. The number of ether oxygens (including phenoxy) is 1. The Labute approximate surface area is 186 Å². The van der Waals surface area contributed by atoms with Crippen molar-refractivity contribution in [2.24, 2.45) is 0 Å². The number of thioether (sulfide) groups is 1. The van der Waals surface area contributed by atoms with Gasteiger partial charge in [-0.1, -0.05) is 35.9 Å². The molecule has 2 aromatic carbocycles. The number of aryl methyl sites for hydroxylation is 2. The molecule has 0 saturated carbocycles. The minimum atomic E-state index is -0.271. The lowest BCUT2D eigenvalue weighted by Gasteiger charge is -2.13. The first-order valence-electron chi connectivity index (χ1n) is 10.1. The predicted molar refractivity (Wildman–Crippen MR) is 125 cm³/mol. The fourth-order valence-electron chi connectivity index (χ4n) is 3.63. The lowest BCUT2D eigenvalue weighted by Crippen LogP contribution is -2.32. The number of amides is 2. The fraction of sp³-hybridized carbons (Fsp3) is 0.200. The second-order valence-electron chi connectivity index (χ2n) is 7.49. The normalized spacial score (nSPS) is 15.2. The third-order valence-electron chi connectivity index (χ3n) is 5.25. The number of rotatable bonds is 6. The third kappa shape index (κ3) is 4.44. The monoisotopic (exact) mass is 432 g/mol. The molecule has 1 saturated heterocycles. The van der Waals surface area contributed by atoms with Gasteiger partial charge in [0.1, 0.15) is 12.4 Å². The number of para-hydroxylation sites is 1. The van der Waals surface area contributed by atoms with Crippen LogP contribution in [0.3, 0.4) is 0 Å². The largest absolute Gasteiger partial charge is 0.492 e. The van der Waals surface area contributed by atoms with Crippen LogP contribution in [-0.2, 0) is 4.79 Å². The van der Waals surface area contributed by atoms with Crippen LogP contribution < -0.4 is 4.74 Å². The number of aromatic nitrogens is 1. The van der Waals surface area contributed by atoms with E-state index in [0.717, 1.165) is 34.4 Å². The Morgan fingerprint density at radius 2 is 1.68 bits per heavy atom. The highest BCUT2D eigenvalue weighted by atomic mass is 32.2. The van der Waals surface area contributed by atoms with Crippen LogP contribution in [0.5, 0.6) is 5.75 Å². The van der Waals surface area contributed by atoms with E-state index in [-0.39, 0.29) is 24.3 Å². The van der Waals surface area contributed by atoms with Crippen molar-refractivity contribution in [3.63, 3.8) is 0 Å². The SMILES string of the molecule is Cc1ccc(-n2c(C)cc(/C=C3\SC(=O)N(CCOc4ccccc4)C3=O)c2C)cc1. The van der Waals surface area contributed by atoms with Gasteiger partial charge in [-0.25, -0.2) is 0 Å². The zero-order valence-electron chi connectivity index (χ0n) is 17.8. The second-order valence-corrected chi connectivity index (χ2v) is 8.49. The first-order chi connectivity index (χ1) is 14.9. The number of nitrogens with zero attached hydrogens (tertiary/aromatic N) is 2. The molecule has 3 aromatic rings. The second kappa shape index (κ2) is 8.86. The van der Waals surface area contributed by atoms with Crippen LogP contribution in [-0.4, -0.2) is 33.8 Å². The molecule has 0 radical (unpaired) electrons. The van der Waals surface area contributed by atoms with Crippen molar-refractivity contribution in [3.05, 3.63) is 88.1 Å². The average molecular weight is 433 g/mol. The number of carbonyl (C=O) groups excluding carboxylic acids is 2. The molecular formula is C25H24N2O3S. The Balaban J connectivity index is 1.50. The average Bonchev–Trinajstić information content (AvgIpc) is 3.19. The van der Waals surface area contributed by atoms with Gasteiger partial charge in [0.15, 0.2) is 0 Å². The van der Waals surface area contributed by atoms with Crippen LogP contribution in [0.15, 0.2) is 65.6 Å². The van der Waals surface area contributed by atoms with E-state index in [0.29, 0.717) is 10.7 Å². The molecule has 1 aliphatic rings. The maximum atomic E-state index is 12.8. The van der Waals surface area contributed by atoms with E-state index in [4.69, 9.17) is 4.74 Å². The quantitative estimate of drug-likeness (QED) is 0.482. The van der Waals surface area contributed by atoms with Gasteiger partial charge in [-0.15, -0.1) is 0 Å². The van der Waals surface area contributed by atoms with Gasteiger partial charge in [0.05, 0.1) is 11.4 Å². The summed E-state index contributed by atoms with van der Waals surface area (Å²) in [6, 6.07) is 19.7. The number of hydrogen-bond donors (Lipinski definition) is 0. The molecule has 0 spiro atoms. The van der Waals surface area contributed by atoms with Gasteiger partial charge >= 0.3 is 0 Å². The Morgan fingerprint density at radius 3 is 2.39 bits per heavy atom. The summed E-state index contributed by atoms with van der Waals surface area (Å²) in [5.74, 6) is 0.445. The highest BCUT2D eigenvalue weighted by Crippen LogP contribution is 2.33. The van der Waals surface area contributed by atoms with Crippen LogP contribution in [0, 0.1) is 20.8 Å². The summed E-state index contributed by atoms with van der Waals surface area (Å²) < 4.78 is 7.79. The topological polar surface area (TPSA) is 51.5 Å². The van der Waals surface area contributed by atoms with Gasteiger partial charge in [0, 0.05) is 17.1 Å². The van der Waals surface area contributed by atoms with Gasteiger partial charge in [0.2, 0.25) is 0 Å². The summed E-state index contributed by atoms with van der Waals surface area (Å²) in [5.41, 5.74) is 5.32. The Morgan fingerprint density at radius 1 is 0.968 bits per heavy atom. The molecule has 0 bridgehead atoms. The van der Waals surface area contributed by atoms with Crippen LogP contribution in [0.1, 0.15) is 22.5 Å². The maximum absolute atomic E-state index is 12.8. The fourth-order valence-corrected chi connectivity index (χ4v) is 4.49. The number of benzene rings is 2. The van der Waals surface area contributed by atoms with Crippen LogP contribution in [0.2, 0.25) is 0 Å². The van der Waals surface area contributed by atoms with Gasteiger partial charge < -0.3 is 9.30 Å². The maximum Gasteiger partial charge on any atom is 0.293 e. The van der Waals surface area contributed by atoms with Gasteiger partial charge in [-0.3, -0.25) is 14.5 Å². The van der Waals surface area contributed by atoms with Crippen LogP contribution >= 0.6 is 11.8 Å². The minimum absolute atomic E-state index is 0.222. The molecule has 0 aliphatic carbocycles. The van der Waals surface area contributed by atoms with E-state index in [1.807, 2.05) is 56.3 Å². The van der Waals surface area contributed by atoms with E-state index >= 15 is 0 Å². The molecule has 5 nitrogen and oxygen atoms in total. The standard InChI is InChI=1S/C25H24N2O3S/c1-17-9-11-21(12-10-17)27-18(2)15-20(19(27)3)16-23-24(28)26(25(29)31-23)13-14-30-22-7-5-4-6-8-22/h4-12,15-16H,13-14H2,1-3H3/b23-16-. The zero-order valence-corrected chi connectivity index (χ0v) is 18.6. The summed E-state index contributed by atoms with van der Waals surface area (Å²) in [5, 5.41) is -0.264. The van der Waals surface area contributed by atoms with E-state index in [1.54, 1.807) is 0 Å². The van der Waals surface area contributed by atoms with Crippen molar-refractivity contribution >= 4 is 29.0 Å². The first kappa shape index (κ1) is 21.0. The molecule has 0 atom stereocenters. The van der Waals surface area contributed by atoms with Crippen molar-refractivity contribution in [3.8, 4) is 11.4 Å². The molecule has 1 fully saturated rings.